The van der Waals surface area contributed by atoms with Crippen LogP contribution in [-0.4, -0.2) is 11.1 Å². The van der Waals surface area contributed by atoms with Crippen molar-refractivity contribution in [1.82, 2.24) is 0 Å². The highest BCUT2D eigenvalue weighted by Crippen LogP contribution is 2.51. The van der Waals surface area contributed by atoms with Crippen molar-refractivity contribution < 1.29 is 5.11 Å². The predicted molar refractivity (Wildman–Crippen MR) is 57.1 cm³/mol. The number of phenols is 1. The lowest BCUT2D eigenvalue weighted by Crippen LogP contribution is -2.31. The topological polar surface area (TPSA) is 72.3 Å². The first kappa shape index (κ1) is 9.34. The van der Waals surface area contributed by atoms with Crippen LogP contribution in [0.2, 0.25) is 0 Å². The van der Waals surface area contributed by atoms with Gasteiger partial charge in [0.25, 0.3) is 0 Å². The summed E-state index contributed by atoms with van der Waals surface area (Å²) in [6.45, 7) is 2.02. The van der Waals surface area contributed by atoms with Gasteiger partial charge in [0.15, 0.2) is 0 Å². The van der Waals surface area contributed by atoms with E-state index in [1.165, 1.54) is 0 Å². The van der Waals surface area contributed by atoms with E-state index >= 15 is 0 Å². The molecule has 0 aliphatic heterocycles. The van der Waals surface area contributed by atoms with Gasteiger partial charge in [0, 0.05) is 11.5 Å². The van der Waals surface area contributed by atoms with Gasteiger partial charge in [-0.1, -0.05) is 6.07 Å². The zero-order chi connectivity index (χ0) is 10.3. The van der Waals surface area contributed by atoms with Crippen molar-refractivity contribution in [3.05, 3.63) is 23.8 Å². The van der Waals surface area contributed by atoms with Crippen LogP contribution in [0.4, 0.5) is 5.69 Å². The van der Waals surface area contributed by atoms with Gasteiger partial charge in [0.05, 0.1) is 5.69 Å². The van der Waals surface area contributed by atoms with Gasteiger partial charge < -0.3 is 16.6 Å². The van der Waals surface area contributed by atoms with Crippen LogP contribution < -0.4 is 11.5 Å². The lowest BCUT2D eigenvalue weighted by Gasteiger charge is -2.20. The molecule has 1 aliphatic rings. The number of aromatic hydroxyl groups is 1. The standard InChI is InChI=1S/C11H16N2O/c1-7(12)11(4-5-11)8-2-3-10(14)9(13)6-8/h2-3,6-7,14H,4-5,12-13H2,1H3. The Hall–Kier alpha value is -1.22. The molecule has 1 aliphatic carbocycles. The van der Waals surface area contributed by atoms with Crippen LogP contribution in [0.5, 0.6) is 5.75 Å². The third-order valence-corrected chi connectivity index (χ3v) is 3.26. The monoisotopic (exact) mass is 192 g/mol. The number of nitrogens with two attached hydrogens (primary N) is 2. The summed E-state index contributed by atoms with van der Waals surface area (Å²) in [7, 11) is 0. The van der Waals surface area contributed by atoms with Crippen molar-refractivity contribution in [2.45, 2.75) is 31.2 Å². The maximum atomic E-state index is 9.31. The van der Waals surface area contributed by atoms with Crippen LogP contribution in [0.3, 0.4) is 0 Å². The minimum Gasteiger partial charge on any atom is -0.506 e. The average Bonchev–Trinajstić information content (AvgIpc) is 2.90. The highest BCUT2D eigenvalue weighted by atomic mass is 16.3. The SMILES string of the molecule is CC(N)C1(c2ccc(O)c(N)c2)CC1. The van der Waals surface area contributed by atoms with Crippen molar-refractivity contribution in [3.63, 3.8) is 0 Å². The van der Waals surface area contributed by atoms with E-state index in [0.29, 0.717) is 5.69 Å². The Bertz CT molecular complexity index is 356. The van der Waals surface area contributed by atoms with Crippen LogP contribution in [0.25, 0.3) is 0 Å². The summed E-state index contributed by atoms with van der Waals surface area (Å²) in [6.07, 6.45) is 2.24. The van der Waals surface area contributed by atoms with Gasteiger partial charge >= 0.3 is 0 Å². The molecular formula is C11H16N2O. The summed E-state index contributed by atoms with van der Waals surface area (Å²) in [5.74, 6) is 0.147. The highest BCUT2D eigenvalue weighted by Gasteiger charge is 2.47. The van der Waals surface area contributed by atoms with E-state index in [4.69, 9.17) is 11.5 Å². The summed E-state index contributed by atoms with van der Waals surface area (Å²) < 4.78 is 0. The van der Waals surface area contributed by atoms with E-state index in [2.05, 4.69) is 0 Å². The van der Waals surface area contributed by atoms with Crippen LogP contribution >= 0.6 is 0 Å². The van der Waals surface area contributed by atoms with Gasteiger partial charge in [0.1, 0.15) is 5.75 Å². The van der Waals surface area contributed by atoms with Crippen molar-refractivity contribution in [2.24, 2.45) is 5.73 Å². The van der Waals surface area contributed by atoms with Gasteiger partial charge in [-0.15, -0.1) is 0 Å². The van der Waals surface area contributed by atoms with Crippen LogP contribution in [-0.2, 0) is 5.41 Å². The molecule has 0 heterocycles. The second-order valence-corrected chi connectivity index (χ2v) is 4.22. The lowest BCUT2D eigenvalue weighted by molar-refractivity contribution is 0.476. The Labute approximate surface area is 83.7 Å². The van der Waals surface area contributed by atoms with Gasteiger partial charge in [-0.3, -0.25) is 0 Å². The smallest absolute Gasteiger partial charge is 0.138 e. The molecule has 0 bridgehead atoms. The van der Waals surface area contributed by atoms with E-state index in [1.54, 1.807) is 6.07 Å². The van der Waals surface area contributed by atoms with Crippen LogP contribution in [0.1, 0.15) is 25.3 Å². The first-order valence-electron chi connectivity index (χ1n) is 4.91. The molecule has 1 fully saturated rings. The summed E-state index contributed by atoms with van der Waals surface area (Å²) in [4.78, 5) is 0. The fourth-order valence-corrected chi connectivity index (χ4v) is 2.01. The van der Waals surface area contributed by atoms with E-state index < -0.39 is 0 Å². The van der Waals surface area contributed by atoms with Crippen molar-refractivity contribution in [1.29, 1.82) is 0 Å². The molecule has 76 valence electrons. The maximum absolute atomic E-state index is 9.31. The molecule has 0 radical (unpaired) electrons. The Morgan fingerprint density at radius 1 is 1.43 bits per heavy atom. The number of anilines is 1. The van der Waals surface area contributed by atoms with Gasteiger partial charge in [-0.05, 0) is 37.5 Å². The molecule has 1 saturated carbocycles. The molecule has 0 aromatic heterocycles. The second-order valence-electron chi connectivity index (χ2n) is 4.22. The summed E-state index contributed by atoms with van der Waals surface area (Å²) in [5.41, 5.74) is 13.3. The van der Waals surface area contributed by atoms with Gasteiger partial charge in [0.2, 0.25) is 0 Å². The zero-order valence-corrected chi connectivity index (χ0v) is 8.33. The van der Waals surface area contributed by atoms with Gasteiger partial charge in [-0.2, -0.15) is 0 Å². The average molecular weight is 192 g/mol. The minimum atomic E-state index is 0.113. The molecule has 0 spiro atoms. The molecule has 1 unspecified atom stereocenters. The summed E-state index contributed by atoms with van der Waals surface area (Å²) in [6, 6.07) is 5.55. The fraction of sp³-hybridized carbons (Fsp3) is 0.455. The molecular weight excluding hydrogens is 176 g/mol. The third-order valence-electron chi connectivity index (χ3n) is 3.26. The summed E-state index contributed by atoms with van der Waals surface area (Å²) >= 11 is 0. The minimum absolute atomic E-state index is 0.113. The number of rotatable bonds is 2. The molecule has 1 atom stereocenters. The molecule has 0 saturated heterocycles. The number of nitrogen functional groups attached to an aromatic ring is 1. The molecule has 0 amide bonds. The van der Waals surface area contributed by atoms with Crippen molar-refractivity contribution in [2.75, 3.05) is 5.73 Å². The predicted octanol–water partition coefficient (Wildman–Crippen LogP) is 1.35. The number of hydrogen-bond acceptors (Lipinski definition) is 3. The number of phenolic OH excluding ortho intramolecular Hbond substituents is 1. The molecule has 5 N–H and O–H groups in total. The lowest BCUT2D eigenvalue weighted by atomic mass is 9.89. The van der Waals surface area contributed by atoms with Gasteiger partial charge in [-0.25, -0.2) is 0 Å². The Balaban J connectivity index is 2.38. The zero-order valence-electron chi connectivity index (χ0n) is 8.33. The third kappa shape index (κ3) is 1.24. The molecule has 1 aromatic rings. The van der Waals surface area contributed by atoms with Crippen molar-refractivity contribution in [3.8, 4) is 5.75 Å². The number of benzene rings is 1. The van der Waals surface area contributed by atoms with Crippen LogP contribution in [0.15, 0.2) is 18.2 Å². The Morgan fingerprint density at radius 2 is 2.07 bits per heavy atom. The first-order valence-corrected chi connectivity index (χ1v) is 4.91. The maximum Gasteiger partial charge on any atom is 0.138 e. The molecule has 14 heavy (non-hydrogen) atoms. The fourth-order valence-electron chi connectivity index (χ4n) is 2.01. The Morgan fingerprint density at radius 3 is 2.50 bits per heavy atom. The highest BCUT2D eigenvalue weighted by molar-refractivity contribution is 5.55. The first-order chi connectivity index (χ1) is 6.56. The van der Waals surface area contributed by atoms with E-state index in [-0.39, 0.29) is 17.2 Å². The largest absolute Gasteiger partial charge is 0.506 e. The quantitative estimate of drug-likeness (QED) is 0.489. The molecule has 3 heteroatoms. The van der Waals surface area contributed by atoms with Crippen molar-refractivity contribution >= 4 is 5.69 Å². The molecule has 1 aromatic carbocycles. The molecule has 2 rings (SSSR count). The molecule has 3 nitrogen and oxygen atoms in total. The normalized spacial score (nSPS) is 20.4. The van der Waals surface area contributed by atoms with E-state index in [9.17, 15) is 5.11 Å². The van der Waals surface area contributed by atoms with E-state index in [0.717, 1.165) is 18.4 Å². The Kier molecular flexibility index (Phi) is 1.93. The second kappa shape index (κ2) is 2.89. The number of hydrogen-bond donors (Lipinski definition) is 3. The van der Waals surface area contributed by atoms with Crippen LogP contribution in [0, 0.1) is 0 Å². The van der Waals surface area contributed by atoms with E-state index in [1.807, 2.05) is 19.1 Å². The summed E-state index contributed by atoms with van der Waals surface area (Å²) in [5, 5.41) is 9.31.